The van der Waals surface area contributed by atoms with Gasteiger partial charge < -0.3 is 10.4 Å². The number of nitrogens with one attached hydrogen (secondary N) is 1. The SMILES string of the molecule is C=CCn1ncc(NC(C)(C)C(C)(C)O)c(Cl)c1=O. The van der Waals surface area contributed by atoms with E-state index >= 15 is 0 Å². The van der Waals surface area contributed by atoms with E-state index in [1.807, 2.05) is 13.8 Å². The van der Waals surface area contributed by atoms with Gasteiger partial charge in [-0.25, -0.2) is 4.68 Å². The highest BCUT2D eigenvalue weighted by Crippen LogP contribution is 2.27. The molecule has 2 N–H and O–H groups in total. The van der Waals surface area contributed by atoms with Crippen molar-refractivity contribution in [2.75, 3.05) is 5.32 Å². The fourth-order valence-electron chi connectivity index (χ4n) is 1.29. The molecule has 1 heterocycles. The number of hydrogen-bond acceptors (Lipinski definition) is 4. The lowest BCUT2D eigenvalue weighted by Crippen LogP contribution is -2.51. The van der Waals surface area contributed by atoms with Gasteiger partial charge in [-0.3, -0.25) is 4.79 Å². The molecule has 0 aromatic carbocycles. The fraction of sp³-hybridized carbons (Fsp3) is 0.538. The van der Waals surface area contributed by atoms with Crippen molar-refractivity contribution in [3.8, 4) is 0 Å². The van der Waals surface area contributed by atoms with Crippen molar-refractivity contribution in [2.24, 2.45) is 0 Å². The number of aliphatic hydroxyl groups is 1. The third-order valence-corrected chi connectivity index (χ3v) is 3.63. The minimum atomic E-state index is -0.994. The number of halogens is 1. The monoisotopic (exact) mass is 285 g/mol. The maximum absolute atomic E-state index is 11.9. The van der Waals surface area contributed by atoms with E-state index < -0.39 is 16.7 Å². The first-order valence-electron chi connectivity index (χ1n) is 5.97. The summed E-state index contributed by atoms with van der Waals surface area (Å²) < 4.78 is 1.22. The Bertz CT molecular complexity index is 530. The van der Waals surface area contributed by atoms with Crippen molar-refractivity contribution in [1.82, 2.24) is 9.78 Å². The van der Waals surface area contributed by atoms with Crippen LogP contribution in [0, 0.1) is 0 Å². The van der Waals surface area contributed by atoms with Crippen LogP contribution in [0.3, 0.4) is 0 Å². The molecule has 1 aromatic rings. The zero-order chi connectivity index (χ0) is 14.8. The molecule has 0 aliphatic rings. The highest BCUT2D eigenvalue weighted by Gasteiger charge is 2.35. The standard InChI is InChI=1S/C13H20ClN3O2/c1-6-7-17-11(18)10(14)9(8-15-17)16-12(2,3)13(4,5)19/h6,8,16,19H,1,7H2,2-5H3. The molecule has 0 unspecified atom stereocenters. The second-order valence-corrected chi connectivity index (χ2v) is 5.84. The second-order valence-electron chi connectivity index (χ2n) is 5.46. The first-order chi connectivity index (χ1) is 8.60. The lowest BCUT2D eigenvalue weighted by atomic mass is 9.86. The van der Waals surface area contributed by atoms with Crippen LogP contribution < -0.4 is 10.9 Å². The Balaban J connectivity index is 3.15. The maximum Gasteiger partial charge on any atom is 0.287 e. The number of rotatable bonds is 5. The van der Waals surface area contributed by atoms with Crippen LogP contribution in [-0.4, -0.2) is 26.0 Å². The molecule has 0 saturated heterocycles. The van der Waals surface area contributed by atoms with Crippen molar-refractivity contribution in [1.29, 1.82) is 0 Å². The molecule has 0 aliphatic heterocycles. The van der Waals surface area contributed by atoms with Crippen molar-refractivity contribution in [2.45, 2.75) is 45.4 Å². The van der Waals surface area contributed by atoms with E-state index in [1.54, 1.807) is 19.9 Å². The van der Waals surface area contributed by atoms with Gasteiger partial charge in [-0.2, -0.15) is 5.10 Å². The molecule has 0 saturated carbocycles. The van der Waals surface area contributed by atoms with E-state index in [4.69, 9.17) is 11.6 Å². The van der Waals surface area contributed by atoms with Crippen molar-refractivity contribution in [3.05, 3.63) is 34.2 Å². The molecule has 0 amide bonds. The largest absolute Gasteiger partial charge is 0.388 e. The van der Waals surface area contributed by atoms with E-state index in [9.17, 15) is 9.90 Å². The highest BCUT2D eigenvalue weighted by atomic mass is 35.5. The first kappa shape index (κ1) is 15.7. The molecule has 0 radical (unpaired) electrons. The fourth-order valence-corrected chi connectivity index (χ4v) is 1.49. The second kappa shape index (κ2) is 5.35. The lowest BCUT2D eigenvalue weighted by molar-refractivity contribution is 0.0240. The van der Waals surface area contributed by atoms with E-state index in [0.29, 0.717) is 12.2 Å². The third kappa shape index (κ3) is 3.36. The van der Waals surface area contributed by atoms with Crippen LogP contribution in [0.1, 0.15) is 27.7 Å². The summed E-state index contributed by atoms with van der Waals surface area (Å²) in [5.41, 5.74) is -1.65. The van der Waals surface area contributed by atoms with Crippen LogP contribution in [0.25, 0.3) is 0 Å². The Morgan fingerprint density at radius 2 is 2.11 bits per heavy atom. The Hall–Kier alpha value is -1.33. The summed E-state index contributed by atoms with van der Waals surface area (Å²) in [5, 5.41) is 17.2. The summed E-state index contributed by atoms with van der Waals surface area (Å²) in [4.78, 5) is 11.9. The molecule has 106 valence electrons. The summed E-state index contributed by atoms with van der Waals surface area (Å²) in [7, 11) is 0. The summed E-state index contributed by atoms with van der Waals surface area (Å²) in [6.45, 7) is 10.8. The minimum absolute atomic E-state index is 0.0502. The molecule has 0 atom stereocenters. The topological polar surface area (TPSA) is 67.2 Å². The predicted molar refractivity (Wildman–Crippen MR) is 77.7 cm³/mol. The average Bonchev–Trinajstić information content (AvgIpc) is 2.27. The summed E-state index contributed by atoms with van der Waals surface area (Å²) >= 11 is 6.04. The average molecular weight is 286 g/mol. The van der Waals surface area contributed by atoms with Gasteiger partial charge in [-0.15, -0.1) is 6.58 Å². The Labute approximate surface area is 117 Å². The number of aromatic nitrogens is 2. The van der Waals surface area contributed by atoms with Crippen molar-refractivity contribution < 1.29 is 5.11 Å². The molecule has 0 aliphatic carbocycles. The van der Waals surface area contributed by atoms with Gasteiger partial charge in [0.05, 0.1) is 29.6 Å². The number of anilines is 1. The number of hydrogen-bond donors (Lipinski definition) is 2. The Morgan fingerprint density at radius 3 is 2.58 bits per heavy atom. The van der Waals surface area contributed by atoms with Gasteiger partial charge in [0, 0.05) is 0 Å². The lowest BCUT2D eigenvalue weighted by Gasteiger charge is -2.38. The van der Waals surface area contributed by atoms with E-state index in [1.165, 1.54) is 10.9 Å². The van der Waals surface area contributed by atoms with Crippen LogP contribution in [0.15, 0.2) is 23.6 Å². The van der Waals surface area contributed by atoms with Gasteiger partial charge in [-0.1, -0.05) is 17.7 Å². The van der Waals surface area contributed by atoms with E-state index in [2.05, 4.69) is 17.0 Å². The first-order valence-corrected chi connectivity index (χ1v) is 6.35. The number of nitrogens with zero attached hydrogens (tertiary/aromatic N) is 2. The molecule has 0 fully saturated rings. The van der Waals surface area contributed by atoms with Crippen molar-refractivity contribution in [3.63, 3.8) is 0 Å². The normalized spacial score (nSPS) is 12.3. The van der Waals surface area contributed by atoms with Gasteiger partial charge >= 0.3 is 0 Å². The van der Waals surface area contributed by atoms with Gasteiger partial charge in [-0.05, 0) is 27.7 Å². The van der Waals surface area contributed by atoms with Crippen LogP contribution in [0.2, 0.25) is 5.02 Å². The van der Waals surface area contributed by atoms with Crippen LogP contribution >= 0.6 is 11.6 Å². The minimum Gasteiger partial charge on any atom is -0.388 e. The molecule has 0 bridgehead atoms. The van der Waals surface area contributed by atoms with Crippen LogP contribution in [0.4, 0.5) is 5.69 Å². The molecule has 0 spiro atoms. The van der Waals surface area contributed by atoms with Gasteiger partial charge in [0.15, 0.2) is 0 Å². The smallest absolute Gasteiger partial charge is 0.287 e. The molecule has 1 aromatic heterocycles. The molecular weight excluding hydrogens is 266 g/mol. The van der Waals surface area contributed by atoms with Crippen molar-refractivity contribution >= 4 is 17.3 Å². The molecule has 5 nitrogen and oxygen atoms in total. The summed E-state index contributed by atoms with van der Waals surface area (Å²) in [5.74, 6) is 0. The molecule has 1 rings (SSSR count). The van der Waals surface area contributed by atoms with Gasteiger partial charge in [0.25, 0.3) is 5.56 Å². The Morgan fingerprint density at radius 1 is 1.53 bits per heavy atom. The highest BCUT2D eigenvalue weighted by molar-refractivity contribution is 6.32. The third-order valence-electron chi connectivity index (χ3n) is 3.26. The zero-order valence-corrected chi connectivity index (χ0v) is 12.5. The molecular formula is C13H20ClN3O2. The quantitative estimate of drug-likeness (QED) is 0.813. The van der Waals surface area contributed by atoms with E-state index in [-0.39, 0.29) is 5.02 Å². The number of allylic oxidation sites excluding steroid dienone is 1. The summed E-state index contributed by atoms with van der Waals surface area (Å²) in [6.07, 6.45) is 3.04. The predicted octanol–water partition coefficient (Wildman–Crippen LogP) is 2.04. The molecule has 6 heteroatoms. The molecule has 19 heavy (non-hydrogen) atoms. The maximum atomic E-state index is 11.9. The van der Waals surface area contributed by atoms with Gasteiger partial charge in [0.2, 0.25) is 0 Å². The zero-order valence-electron chi connectivity index (χ0n) is 11.7. The Kier molecular flexibility index (Phi) is 4.43. The van der Waals surface area contributed by atoms with E-state index in [0.717, 1.165) is 0 Å². The van der Waals surface area contributed by atoms with Gasteiger partial charge in [0.1, 0.15) is 5.02 Å². The summed E-state index contributed by atoms with van der Waals surface area (Å²) in [6, 6.07) is 0. The van der Waals surface area contributed by atoms with Crippen LogP contribution in [-0.2, 0) is 6.54 Å². The van der Waals surface area contributed by atoms with Crippen LogP contribution in [0.5, 0.6) is 0 Å².